The Morgan fingerprint density at radius 3 is 2.54 bits per heavy atom. The Labute approximate surface area is 168 Å². The summed E-state index contributed by atoms with van der Waals surface area (Å²) < 4.78 is 10.7. The van der Waals surface area contributed by atoms with Gasteiger partial charge in [0.25, 0.3) is 0 Å². The fourth-order valence-corrected chi connectivity index (χ4v) is 3.93. The van der Waals surface area contributed by atoms with E-state index in [2.05, 4.69) is 11.9 Å². The minimum absolute atomic E-state index is 0.246. The van der Waals surface area contributed by atoms with Crippen LogP contribution in [-0.4, -0.2) is 61.1 Å². The molecule has 1 heterocycles. The Kier molecular flexibility index (Phi) is 10.2. The zero-order valence-electron chi connectivity index (χ0n) is 17.8. The van der Waals surface area contributed by atoms with Crippen LogP contribution >= 0.6 is 0 Å². The first kappa shape index (κ1) is 24.1. The van der Waals surface area contributed by atoms with E-state index in [1.807, 2.05) is 13.0 Å². The number of rotatable bonds is 12. The summed E-state index contributed by atoms with van der Waals surface area (Å²) in [6.07, 6.45) is 8.13. The number of ether oxygens (including phenoxy) is 2. The highest BCUT2D eigenvalue weighted by molar-refractivity contribution is 5.91. The van der Waals surface area contributed by atoms with Gasteiger partial charge >= 0.3 is 5.97 Å². The molecule has 1 aliphatic heterocycles. The minimum atomic E-state index is -0.693. The largest absolute Gasteiger partial charge is 0.467 e. The zero-order chi connectivity index (χ0) is 21.2. The van der Waals surface area contributed by atoms with Crippen LogP contribution in [0.4, 0.5) is 0 Å². The average molecular weight is 397 g/mol. The third-order valence-electron chi connectivity index (χ3n) is 5.37. The van der Waals surface area contributed by atoms with E-state index in [1.165, 1.54) is 18.9 Å². The molecule has 1 aliphatic rings. The van der Waals surface area contributed by atoms with Gasteiger partial charge in [-0.15, -0.1) is 6.58 Å². The standard InChI is InChI=1S/C21H36N2O5/c1-6-8-9-10-11-12-17(22-16(3)24)19(25)23-15-21(28-5,13-7-2)14-18(23)20(26)27-4/h6,17-18H,1,7-15H2,2-5H3,(H,22,24). The van der Waals surface area contributed by atoms with Crippen LogP contribution in [0.5, 0.6) is 0 Å². The molecule has 0 aromatic rings. The molecular formula is C21H36N2O5. The number of nitrogens with one attached hydrogen (secondary N) is 1. The number of allylic oxidation sites excluding steroid dienone is 1. The fourth-order valence-electron chi connectivity index (χ4n) is 3.93. The van der Waals surface area contributed by atoms with Gasteiger partial charge in [-0.1, -0.05) is 32.3 Å². The van der Waals surface area contributed by atoms with Crippen LogP contribution in [0.1, 0.15) is 65.2 Å². The molecule has 0 aromatic carbocycles. The third kappa shape index (κ3) is 6.62. The summed E-state index contributed by atoms with van der Waals surface area (Å²) >= 11 is 0. The molecule has 0 saturated carbocycles. The van der Waals surface area contributed by atoms with Crippen molar-refractivity contribution in [3.63, 3.8) is 0 Å². The number of unbranched alkanes of at least 4 members (excludes halogenated alkanes) is 3. The van der Waals surface area contributed by atoms with Crippen molar-refractivity contribution >= 4 is 17.8 Å². The summed E-state index contributed by atoms with van der Waals surface area (Å²) in [6, 6.07) is -1.34. The minimum Gasteiger partial charge on any atom is -0.467 e. The number of hydrogen-bond acceptors (Lipinski definition) is 5. The topological polar surface area (TPSA) is 84.9 Å². The van der Waals surface area contributed by atoms with E-state index >= 15 is 0 Å². The van der Waals surface area contributed by atoms with Gasteiger partial charge in [-0.3, -0.25) is 9.59 Å². The molecule has 1 fully saturated rings. The number of carbonyl (C=O) groups is 3. The molecule has 7 heteroatoms. The van der Waals surface area contributed by atoms with Crippen LogP contribution in [-0.2, 0) is 23.9 Å². The van der Waals surface area contributed by atoms with Crippen molar-refractivity contribution < 1.29 is 23.9 Å². The summed E-state index contributed by atoms with van der Waals surface area (Å²) in [5, 5.41) is 2.76. The van der Waals surface area contributed by atoms with Gasteiger partial charge in [0.1, 0.15) is 12.1 Å². The van der Waals surface area contributed by atoms with Crippen LogP contribution in [0.25, 0.3) is 0 Å². The molecule has 0 aromatic heterocycles. The number of carbonyl (C=O) groups excluding carboxylic acids is 3. The molecule has 160 valence electrons. The quantitative estimate of drug-likeness (QED) is 0.311. The monoisotopic (exact) mass is 396 g/mol. The Bertz CT molecular complexity index is 551. The molecule has 1 saturated heterocycles. The van der Waals surface area contributed by atoms with Gasteiger partial charge in [0.05, 0.1) is 19.3 Å². The molecule has 2 amide bonds. The first-order valence-electron chi connectivity index (χ1n) is 10.2. The normalized spacial score (nSPS) is 22.6. The van der Waals surface area contributed by atoms with E-state index in [4.69, 9.17) is 9.47 Å². The number of nitrogens with zero attached hydrogens (tertiary/aromatic N) is 1. The predicted molar refractivity (Wildman–Crippen MR) is 108 cm³/mol. The highest BCUT2D eigenvalue weighted by atomic mass is 16.5. The maximum absolute atomic E-state index is 13.3. The van der Waals surface area contributed by atoms with Crippen LogP contribution in [0.3, 0.4) is 0 Å². The molecule has 0 radical (unpaired) electrons. The Morgan fingerprint density at radius 1 is 1.29 bits per heavy atom. The molecule has 7 nitrogen and oxygen atoms in total. The number of likely N-dealkylation sites (tertiary alicyclic amines) is 1. The number of methoxy groups -OCH3 is 2. The lowest BCUT2D eigenvalue weighted by Crippen LogP contribution is -2.52. The van der Waals surface area contributed by atoms with Crippen LogP contribution < -0.4 is 5.32 Å². The van der Waals surface area contributed by atoms with Crippen LogP contribution in [0.2, 0.25) is 0 Å². The van der Waals surface area contributed by atoms with Crippen molar-refractivity contribution in [2.75, 3.05) is 20.8 Å². The molecule has 28 heavy (non-hydrogen) atoms. The summed E-state index contributed by atoms with van der Waals surface area (Å²) in [4.78, 5) is 38.8. The number of hydrogen-bond donors (Lipinski definition) is 1. The van der Waals surface area contributed by atoms with Crippen molar-refractivity contribution in [2.24, 2.45) is 0 Å². The third-order valence-corrected chi connectivity index (χ3v) is 5.37. The summed E-state index contributed by atoms with van der Waals surface area (Å²) in [5.41, 5.74) is -0.562. The van der Waals surface area contributed by atoms with Crippen LogP contribution in [0.15, 0.2) is 12.7 Å². The van der Waals surface area contributed by atoms with Crippen molar-refractivity contribution in [3.8, 4) is 0 Å². The van der Waals surface area contributed by atoms with Crippen LogP contribution in [0, 0.1) is 0 Å². The van der Waals surface area contributed by atoms with E-state index in [0.29, 0.717) is 19.4 Å². The van der Waals surface area contributed by atoms with Gasteiger partial charge in [0.15, 0.2) is 0 Å². The lowest BCUT2D eigenvalue weighted by atomic mass is 9.94. The lowest BCUT2D eigenvalue weighted by molar-refractivity contribution is -0.151. The highest BCUT2D eigenvalue weighted by Gasteiger charge is 2.50. The molecule has 0 bridgehead atoms. The van der Waals surface area contributed by atoms with Gasteiger partial charge in [-0.25, -0.2) is 4.79 Å². The molecule has 3 unspecified atom stereocenters. The summed E-state index contributed by atoms with van der Waals surface area (Å²) in [6.45, 7) is 7.47. The molecular weight excluding hydrogens is 360 g/mol. The maximum atomic E-state index is 13.3. The lowest BCUT2D eigenvalue weighted by Gasteiger charge is -2.29. The summed E-state index contributed by atoms with van der Waals surface area (Å²) in [7, 11) is 2.94. The summed E-state index contributed by atoms with van der Waals surface area (Å²) in [5.74, 6) is -0.954. The van der Waals surface area contributed by atoms with E-state index in [-0.39, 0.29) is 11.8 Å². The van der Waals surface area contributed by atoms with Gasteiger partial charge in [0.2, 0.25) is 11.8 Å². The Morgan fingerprint density at radius 2 is 2.00 bits per heavy atom. The van der Waals surface area contributed by atoms with E-state index in [0.717, 1.165) is 38.5 Å². The maximum Gasteiger partial charge on any atom is 0.328 e. The predicted octanol–water partition coefficient (Wildman–Crippen LogP) is 2.59. The molecule has 1 N–H and O–H groups in total. The van der Waals surface area contributed by atoms with Crippen molar-refractivity contribution in [3.05, 3.63) is 12.7 Å². The van der Waals surface area contributed by atoms with E-state index in [9.17, 15) is 14.4 Å². The Hall–Kier alpha value is -1.89. The second-order valence-electron chi connectivity index (χ2n) is 7.53. The van der Waals surface area contributed by atoms with Crippen molar-refractivity contribution in [1.82, 2.24) is 10.2 Å². The average Bonchev–Trinajstić information content (AvgIpc) is 3.06. The first-order chi connectivity index (χ1) is 13.3. The molecule has 0 spiro atoms. The highest BCUT2D eigenvalue weighted by Crippen LogP contribution is 2.35. The van der Waals surface area contributed by atoms with Gasteiger partial charge in [0, 0.05) is 20.5 Å². The second-order valence-corrected chi connectivity index (χ2v) is 7.53. The van der Waals surface area contributed by atoms with Crippen molar-refractivity contribution in [1.29, 1.82) is 0 Å². The van der Waals surface area contributed by atoms with Crippen molar-refractivity contribution in [2.45, 2.75) is 82.9 Å². The Balaban J connectivity index is 2.96. The van der Waals surface area contributed by atoms with E-state index < -0.39 is 23.7 Å². The van der Waals surface area contributed by atoms with E-state index in [1.54, 1.807) is 7.11 Å². The number of esters is 1. The zero-order valence-corrected chi connectivity index (χ0v) is 17.8. The van der Waals surface area contributed by atoms with Gasteiger partial charge in [-0.2, -0.15) is 0 Å². The molecule has 1 rings (SSSR count). The molecule has 3 atom stereocenters. The fraction of sp³-hybridized carbons (Fsp3) is 0.762. The smallest absolute Gasteiger partial charge is 0.328 e. The van der Waals surface area contributed by atoms with Gasteiger partial charge in [-0.05, 0) is 25.7 Å². The second kappa shape index (κ2) is 11.8. The first-order valence-corrected chi connectivity index (χ1v) is 10.2. The number of amides is 2. The van der Waals surface area contributed by atoms with Gasteiger partial charge < -0.3 is 19.7 Å². The molecule has 0 aliphatic carbocycles. The SMILES string of the molecule is C=CCCCCCC(NC(C)=O)C(=O)N1CC(CCC)(OC)CC1C(=O)OC.